The minimum atomic E-state index is -3.03. The van der Waals surface area contributed by atoms with Gasteiger partial charge in [0.25, 0.3) is 5.92 Å². The van der Waals surface area contributed by atoms with Crippen LogP contribution in [0.4, 0.5) is 8.78 Å². The van der Waals surface area contributed by atoms with E-state index in [1.165, 1.54) is 25.0 Å². The van der Waals surface area contributed by atoms with Gasteiger partial charge in [-0.05, 0) is 37.8 Å². The summed E-state index contributed by atoms with van der Waals surface area (Å²) in [6, 6.07) is 0.573. The Hall–Kier alpha value is -1.36. The molecule has 0 amide bonds. The van der Waals surface area contributed by atoms with Crippen molar-refractivity contribution in [1.29, 1.82) is 0 Å². The SMILES string of the molecule is CC(F)(F)C1=CC=C(C=O)C(=O)C1CCN1CC2CC1C2. The van der Waals surface area contributed by atoms with Crippen molar-refractivity contribution >= 4 is 12.1 Å². The molecule has 4 aliphatic rings. The van der Waals surface area contributed by atoms with Crippen molar-refractivity contribution in [1.82, 2.24) is 4.90 Å². The second-order valence-corrected chi connectivity index (χ2v) is 6.44. The van der Waals surface area contributed by atoms with Crippen LogP contribution in [-0.4, -0.2) is 42.0 Å². The van der Waals surface area contributed by atoms with Gasteiger partial charge in [0.2, 0.25) is 0 Å². The van der Waals surface area contributed by atoms with Crippen LogP contribution in [0.5, 0.6) is 0 Å². The average Bonchev–Trinajstić information content (AvgIpc) is 2.94. The second kappa shape index (κ2) is 5.13. The highest BCUT2D eigenvalue weighted by molar-refractivity contribution is 6.14. The highest BCUT2D eigenvalue weighted by Crippen LogP contribution is 2.42. The number of hydrogen-bond donors (Lipinski definition) is 0. The van der Waals surface area contributed by atoms with Crippen LogP contribution in [0.1, 0.15) is 26.2 Å². The first kappa shape index (κ1) is 14.6. The van der Waals surface area contributed by atoms with Crippen molar-refractivity contribution < 1.29 is 18.4 Å². The van der Waals surface area contributed by atoms with Crippen LogP contribution in [0.15, 0.2) is 23.3 Å². The van der Waals surface area contributed by atoms with Crippen LogP contribution in [0.25, 0.3) is 0 Å². The van der Waals surface area contributed by atoms with Crippen molar-refractivity contribution in [3.63, 3.8) is 0 Å². The average molecular weight is 295 g/mol. The lowest BCUT2D eigenvalue weighted by molar-refractivity contribution is -0.121. The van der Waals surface area contributed by atoms with Gasteiger partial charge in [0.05, 0.1) is 11.5 Å². The lowest BCUT2D eigenvalue weighted by atomic mass is 9.81. The summed E-state index contributed by atoms with van der Waals surface area (Å²) in [5, 5.41) is 0. The smallest absolute Gasteiger partial charge is 0.267 e. The molecular formula is C16H19F2NO2. The molecule has 114 valence electrons. The number of ketones is 1. The van der Waals surface area contributed by atoms with Gasteiger partial charge >= 0.3 is 0 Å². The number of alkyl halides is 2. The van der Waals surface area contributed by atoms with Crippen LogP contribution >= 0.6 is 0 Å². The molecule has 5 heteroatoms. The molecule has 3 nitrogen and oxygen atoms in total. The zero-order valence-electron chi connectivity index (χ0n) is 12.0. The van der Waals surface area contributed by atoms with Crippen molar-refractivity contribution in [3.8, 4) is 0 Å². The van der Waals surface area contributed by atoms with E-state index in [1.807, 2.05) is 0 Å². The number of rotatable bonds is 5. The second-order valence-electron chi connectivity index (χ2n) is 6.44. The monoisotopic (exact) mass is 295 g/mol. The number of carbonyl (C=O) groups excluding carboxylic acids is 2. The molecule has 2 aliphatic heterocycles. The maximum atomic E-state index is 13.7. The molecular weight excluding hydrogens is 276 g/mol. The highest BCUT2D eigenvalue weighted by Gasteiger charge is 2.44. The molecule has 1 saturated carbocycles. The molecule has 0 aromatic heterocycles. The molecule has 0 spiro atoms. The fraction of sp³-hybridized carbons (Fsp3) is 0.625. The van der Waals surface area contributed by atoms with Crippen molar-refractivity contribution in [2.45, 2.75) is 38.2 Å². The van der Waals surface area contributed by atoms with Gasteiger partial charge in [-0.25, -0.2) is 8.78 Å². The summed E-state index contributed by atoms with van der Waals surface area (Å²) in [6.07, 6.45) is 5.69. The Morgan fingerprint density at radius 3 is 2.62 bits per heavy atom. The van der Waals surface area contributed by atoms with E-state index in [9.17, 15) is 18.4 Å². The third kappa shape index (κ3) is 2.59. The lowest BCUT2D eigenvalue weighted by Gasteiger charge is -2.30. The van der Waals surface area contributed by atoms with Crippen LogP contribution < -0.4 is 0 Å². The van der Waals surface area contributed by atoms with Gasteiger partial charge in [0.15, 0.2) is 12.1 Å². The molecule has 2 aliphatic carbocycles. The first-order valence-electron chi connectivity index (χ1n) is 7.43. The molecule has 2 heterocycles. The molecule has 1 atom stereocenters. The van der Waals surface area contributed by atoms with Gasteiger partial charge in [-0.1, -0.05) is 6.08 Å². The largest absolute Gasteiger partial charge is 0.300 e. The predicted octanol–water partition coefficient (Wildman–Crippen LogP) is 2.38. The zero-order valence-corrected chi connectivity index (χ0v) is 12.0. The summed E-state index contributed by atoms with van der Waals surface area (Å²) in [5.41, 5.74) is -0.164. The van der Waals surface area contributed by atoms with Gasteiger partial charge < -0.3 is 4.90 Å². The standard InChI is InChI=1S/C16H19F2NO2/c1-16(17,18)14-3-2-11(9-20)15(21)13(14)4-5-19-8-10-6-12(19)7-10/h2-3,9-10,12-13H,4-8H2,1H3. The van der Waals surface area contributed by atoms with Gasteiger partial charge in [-0.3, -0.25) is 9.59 Å². The Bertz CT molecular complexity index is 527. The number of fused-ring (bicyclic) bond motifs is 1. The first-order valence-corrected chi connectivity index (χ1v) is 7.43. The molecule has 0 radical (unpaired) electrons. The van der Waals surface area contributed by atoms with E-state index in [1.54, 1.807) is 0 Å². The Labute approximate surface area is 122 Å². The molecule has 2 bridgehead atoms. The van der Waals surface area contributed by atoms with E-state index in [4.69, 9.17) is 0 Å². The van der Waals surface area contributed by atoms with Crippen LogP contribution in [0.2, 0.25) is 0 Å². The van der Waals surface area contributed by atoms with E-state index in [2.05, 4.69) is 4.90 Å². The molecule has 2 saturated heterocycles. The summed E-state index contributed by atoms with van der Waals surface area (Å²) in [4.78, 5) is 25.4. The number of carbonyl (C=O) groups is 2. The summed E-state index contributed by atoms with van der Waals surface area (Å²) in [5.74, 6) is -3.60. The molecule has 1 unspecified atom stereocenters. The summed E-state index contributed by atoms with van der Waals surface area (Å²) >= 11 is 0. The molecule has 0 aromatic rings. The van der Waals surface area contributed by atoms with E-state index in [0.717, 1.165) is 19.4 Å². The van der Waals surface area contributed by atoms with Gasteiger partial charge in [-0.15, -0.1) is 0 Å². The number of halogens is 2. The van der Waals surface area contributed by atoms with Gasteiger partial charge in [0.1, 0.15) is 0 Å². The van der Waals surface area contributed by atoms with Crippen LogP contribution in [-0.2, 0) is 9.59 Å². The number of allylic oxidation sites excluding steroid dienone is 4. The van der Waals surface area contributed by atoms with Crippen molar-refractivity contribution in [2.75, 3.05) is 13.1 Å². The highest BCUT2D eigenvalue weighted by atomic mass is 19.3. The topological polar surface area (TPSA) is 37.4 Å². The van der Waals surface area contributed by atoms with Crippen LogP contribution in [0.3, 0.4) is 0 Å². The van der Waals surface area contributed by atoms with Crippen LogP contribution in [0, 0.1) is 11.8 Å². The third-order valence-corrected chi connectivity index (χ3v) is 4.98. The maximum absolute atomic E-state index is 13.7. The van der Waals surface area contributed by atoms with Gasteiger partial charge in [0, 0.05) is 25.1 Å². The number of nitrogens with zero attached hydrogens (tertiary/aromatic N) is 1. The quantitative estimate of drug-likeness (QED) is 0.577. The van der Waals surface area contributed by atoms with E-state index >= 15 is 0 Å². The lowest BCUT2D eigenvalue weighted by Crippen LogP contribution is -2.35. The third-order valence-electron chi connectivity index (χ3n) is 4.98. The minimum absolute atomic E-state index is 0.00118. The Morgan fingerprint density at radius 2 is 2.10 bits per heavy atom. The van der Waals surface area contributed by atoms with E-state index in [0.29, 0.717) is 25.3 Å². The molecule has 0 N–H and O–H groups in total. The fourth-order valence-electron chi connectivity index (χ4n) is 3.75. The van der Waals surface area contributed by atoms with Gasteiger partial charge in [-0.2, -0.15) is 0 Å². The normalized spacial score (nSPS) is 32.5. The maximum Gasteiger partial charge on any atom is 0.267 e. The fourth-order valence-corrected chi connectivity index (χ4v) is 3.75. The number of Topliss-reactive ketones (excluding diaryl/α,β-unsaturated/α-hetero) is 1. The molecule has 0 aromatic carbocycles. The predicted molar refractivity (Wildman–Crippen MR) is 74.1 cm³/mol. The summed E-state index contributed by atoms with van der Waals surface area (Å²) < 4.78 is 27.4. The zero-order chi connectivity index (χ0) is 15.2. The molecule has 4 rings (SSSR count). The first-order chi connectivity index (χ1) is 9.90. The Morgan fingerprint density at radius 1 is 1.38 bits per heavy atom. The number of aldehydes is 1. The summed E-state index contributed by atoms with van der Waals surface area (Å²) in [7, 11) is 0. The Balaban J connectivity index is 1.73. The minimum Gasteiger partial charge on any atom is -0.300 e. The van der Waals surface area contributed by atoms with E-state index in [-0.39, 0.29) is 11.1 Å². The van der Waals surface area contributed by atoms with Crippen molar-refractivity contribution in [3.05, 3.63) is 23.3 Å². The molecule has 21 heavy (non-hydrogen) atoms. The number of hydrogen-bond acceptors (Lipinski definition) is 3. The molecule has 3 fully saturated rings. The summed E-state index contributed by atoms with van der Waals surface area (Å²) in [6.45, 7) is 2.48. The van der Waals surface area contributed by atoms with Crippen molar-refractivity contribution in [2.24, 2.45) is 11.8 Å². The Kier molecular flexibility index (Phi) is 3.56. The van der Waals surface area contributed by atoms with E-state index < -0.39 is 17.6 Å².